The van der Waals surface area contributed by atoms with Crippen LogP contribution < -0.4 is 0 Å². The molecular formula is C13H14. The van der Waals surface area contributed by atoms with Crippen molar-refractivity contribution >= 4 is 0 Å². The number of hydrogen-bond donors (Lipinski definition) is 0. The minimum Gasteiger partial charge on any atom is -0.0882 e. The monoisotopic (exact) mass is 170 g/mol. The zero-order valence-corrected chi connectivity index (χ0v) is 7.74. The Kier molecular flexibility index (Phi) is 1.55. The Balaban J connectivity index is 2.05. The maximum absolute atomic E-state index is 2.35. The molecule has 2 aliphatic rings. The van der Waals surface area contributed by atoms with E-state index in [4.69, 9.17) is 0 Å². The van der Waals surface area contributed by atoms with E-state index in [9.17, 15) is 0 Å². The Hall–Kier alpha value is -1.04. The topological polar surface area (TPSA) is 0 Å². The van der Waals surface area contributed by atoms with E-state index < -0.39 is 0 Å². The quantitative estimate of drug-likeness (QED) is 0.524. The number of hydrogen-bond acceptors (Lipinski definition) is 0. The predicted octanol–water partition coefficient (Wildman–Crippen LogP) is 3.29. The van der Waals surface area contributed by atoms with Crippen LogP contribution in [0, 0.1) is 5.92 Å². The molecule has 2 aliphatic carbocycles. The Morgan fingerprint density at radius 1 is 1.00 bits per heavy atom. The molecule has 1 aromatic rings. The molecule has 0 amide bonds. The molecule has 0 saturated carbocycles. The smallest absolute Gasteiger partial charge is 0.00902 e. The van der Waals surface area contributed by atoms with Gasteiger partial charge in [-0.2, -0.15) is 0 Å². The van der Waals surface area contributed by atoms with Crippen molar-refractivity contribution in [1.82, 2.24) is 0 Å². The fraction of sp³-hybridized carbons (Fsp3) is 0.385. The first kappa shape index (κ1) is 7.37. The molecule has 0 aliphatic heterocycles. The Morgan fingerprint density at radius 2 is 1.85 bits per heavy atom. The van der Waals surface area contributed by atoms with Gasteiger partial charge in [0.05, 0.1) is 0 Å². The van der Waals surface area contributed by atoms with Crippen LogP contribution in [0.15, 0.2) is 36.4 Å². The number of allylic oxidation sites excluding steroid dienone is 2. The van der Waals surface area contributed by atoms with E-state index in [1.165, 1.54) is 19.3 Å². The third-order valence-corrected chi connectivity index (χ3v) is 3.50. The number of rotatable bonds is 0. The second kappa shape index (κ2) is 2.73. The van der Waals surface area contributed by atoms with Crippen molar-refractivity contribution in [3.05, 3.63) is 47.5 Å². The van der Waals surface area contributed by atoms with Crippen LogP contribution in [0.4, 0.5) is 0 Å². The van der Waals surface area contributed by atoms with Crippen LogP contribution in [0.2, 0.25) is 0 Å². The summed E-state index contributed by atoms with van der Waals surface area (Å²) < 4.78 is 0. The summed E-state index contributed by atoms with van der Waals surface area (Å²) in [6, 6.07) is 8.97. The Bertz CT molecular complexity index is 349. The highest BCUT2D eigenvalue weighted by Gasteiger charge is 2.31. The van der Waals surface area contributed by atoms with Crippen molar-refractivity contribution in [1.29, 1.82) is 0 Å². The molecule has 0 fully saturated rings. The van der Waals surface area contributed by atoms with Crippen LogP contribution in [0.3, 0.4) is 0 Å². The molecule has 0 heterocycles. The molecule has 0 aromatic heterocycles. The maximum Gasteiger partial charge on any atom is -0.00902 e. The van der Waals surface area contributed by atoms with Crippen LogP contribution in [0.25, 0.3) is 0 Å². The molecule has 3 rings (SSSR count). The van der Waals surface area contributed by atoms with Crippen LogP contribution in [-0.2, 0) is 6.42 Å². The lowest BCUT2D eigenvalue weighted by Crippen LogP contribution is -2.09. The maximum atomic E-state index is 2.35. The highest BCUT2D eigenvalue weighted by molar-refractivity contribution is 5.37. The van der Waals surface area contributed by atoms with Gasteiger partial charge >= 0.3 is 0 Å². The van der Waals surface area contributed by atoms with Gasteiger partial charge in [-0.15, -0.1) is 0 Å². The lowest BCUT2D eigenvalue weighted by Gasteiger charge is -2.21. The van der Waals surface area contributed by atoms with Crippen molar-refractivity contribution in [3.63, 3.8) is 0 Å². The highest BCUT2D eigenvalue weighted by Crippen LogP contribution is 2.43. The first-order valence-corrected chi connectivity index (χ1v) is 5.18. The molecule has 66 valence electrons. The van der Waals surface area contributed by atoms with Crippen molar-refractivity contribution in [3.8, 4) is 0 Å². The molecule has 0 nitrogen and oxygen atoms in total. The van der Waals surface area contributed by atoms with E-state index in [1.807, 2.05) is 0 Å². The molecule has 0 heteroatoms. The lowest BCUT2D eigenvalue weighted by atomic mass is 9.84. The number of benzene rings is 1. The second-order valence-electron chi connectivity index (χ2n) is 4.21. The normalized spacial score (nSPS) is 29.8. The van der Waals surface area contributed by atoms with E-state index in [2.05, 4.69) is 36.4 Å². The van der Waals surface area contributed by atoms with E-state index >= 15 is 0 Å². The second-order valence-corrected chi connectivity index (χ2v) is 4.21. The van der Waals surface area contributed by atoms with Gasteiger partial charge in [0.2, 0.25) is 0 Å². The highest BCUT2D eigenvalue weighted by atomic mass is 14.4. The van der Waals surface area contributed by atoms with Crippen molar-refractivity contribution in [2.75, 3.05) is 0 Å². The average molecular weight is 170 g/mol. The van der Waals surface area contributed by atoms with Crippen molar-refractivity contribution in [2.24, 2.45) is 5.92 Å². The van der Waals surface area contributed by atoms with Crippen LogP contribution in [-0.4, -0.2) is 0 Å². The minimum absolute atomic E-state index is 0.834. The van der Waals surface area contributed by atoms with Gasteiger partial charge in [0, 0.05) is 0 Å². The molecule has 2 atom stereocenters. The fourth-order valence-electron chi connectivity index (χ4n) is 2.84. The molecule has 13 heavy (non-hydrogen) atoms. The summed E-state index contributed by atoms with van der Waals surface area (Å²) >= 11 is 0. The van der Waals surface area contributed by atoms with Crippen molar-refractivity contribution in [2.45, 2.75) is 25.2 Å². The average Bonchev–Trinajstić information content (AvgIpc) is 2.56. The van der Waals surface area contributed by atoms with E-state index in [0.29, 0.717) is 0 Å². The van der Waals surface area contributed by atoms with Crippen molar-refractivity contribution < 1.29 is 0 Å². The van der Waals surface area contributed by atoms with Gasteiger partial charge in [-0.1, -0.05) is 36.4 Å². The zero-order valence-electron chi connectivity index (χ0n) is 7.74. The standard InChI is InChI=1S/C13H14/c1-3-7-12-10(5-1)9-11-6-2-4-8-13(11)12/h1-5,7,11,13H,6,8-9H2. The van der Waals surface area contributed by atoms with Gasteiger partial charge in [-0.05, 0) is 42.2 Å². The molecule has 0 saturated heterocycles. The lowest BCUT2D eigenvalue weighted by molar-refractivity contribution is 0.448. The van der Waals surface area contributed by atoms with Gasteiger partial charge in [-0.3, -0.25) is 0 Å². The molecule has 1 aromatic carbocycles. The summed E-state index contributed by atoms with van der Waals surface area (Å²) in [5.74, 6) is 1.74. The van der Waals surface area contributed by atoms with E-state index in [1.54, 1.807) is 11.1 Å². The molecular weight excluding hydrogens is 156 g/mol. The number of fused-ring (bicyclic) bond motifs is 3. The SMILES string of the molecule is C1=CCC2c3ccccc3CC2C1. The molecule has 0 bridgehead atoms. The molecule has 0 radical (unpaired) electrons. The minimum atomic E-state index is 0.834. The summed E-state index contributed by atoms with van der Waals surface area (Å²) in [6.45, 7) is 0. The zero-order chi connectivity index (χ0) is 8.67. The molecule has 2 unspecified atom stereocenters. The summed E-state index contributed by atoms with van der Waals surface area (Å²) in [4.78, 5) is 0. The largest absolute Gasteiger partial charge is 0.0882 e. The summed E-state index contributed by atoms with van der Waals surface area (Å²) in [5.41, 5.74) is 3.22. The van der Waals surface area contributed by atoms with Crippen LogP contribution >= 0.6 is 0 Å². The van der Waals surface area contributed by atoms with E-state index in [0.717, 1.165) is 11.8 Å². The first-order valence-electron chi connectivity index (χ1n) is 5.18. The Morgan fingerprint density at radius 3 is 2.85 bits per heavy atom. The first-order chi connectivity index (χ1) is 6.45. The van der Waals surface area contributed by atoms with Gasteiger partial charge in [0.1, 0.15) is 0 Å². The fourth-order valence-corrected chi connectivity index (χ4v) is 2.84. The third-order valence-electron chi connectivity index (χ3n) is 3.50. The van der Waals surface area contributed by atoms with E-state index in [-0.39, 0.29) is 0 Å². The summed E-state index contributed by atoms with van der Waals surface area (Å²) in [5, 5.41) is 0. The predicted molar refractivity (Wildman–Crippen MR) is 54.8 cm³/mol. The molecule has 0 spiro atoms. The Labute approximate surface area is 79.3 Å². The van der Waals surface area contributed by atoms with Gasteiger partial charge in [-0.25, -0.2) is 0 Å². The van der Waals surface area contributed by atoms with Crippen LogP contribution in [0.1, 0.15) is 29.9 Å². The summed E-state index contributed by atoms with van der Waals surface area (Å²) in [6.07, 6.45) is 8.57. The summed E-state index contributed by atoms with van der Waals surface area (Å²) in [7, 11) is 0. The third kappa shape index (κ3) is 1.05. The van der Waals surface area contributed by atoms with Crippen LogP contribution in [0.5, 0.6) is 0 Å². The van der Waals surface area contributed by atoms with Gasteiger partial charge < -0.3 is 0 Å². The van der Waals surface area contributed by atoms with Gasteiger partial charge in [0.15, 0.2) is 0 Å². The van der Waals surface area contributed by atoms with Gasteiger partial charge in [0.25, 0.3) is 0 Å². The molecule has 0 N–H and O–H groups in total.